The van der Waals surface area contributed by atoms with Crippen LogP contribution < -0.4 is 16.4 Å². The summed E-state index contributed by atoms with van der Waals surface area (Å²) in [7, 11) is 1.60. The molecular formula is C13H22N4OS. The first kappa shape index (κ1) is 14.1. The number of nitrogens with zero attached hydrogens (tertiary/aromatic N) is 1. The second-order valence-electron chi connectivity index (χ2n) is 5.46. The second-order valence-corrected chi connectivity index (χ2v) is 6.23. The number of nitrogen functional groups attached to an aromatic ring is 1. The van der Waals surface area contributed by atoms with Crippen molar-refractivity contribution < 1.29 is 4.79 Å². The molecule has 1 saturated carbocycles. The van der Waals surface area contributed by atoms with Gasteiger partial charge in [0, 0.05) is 13.1 Å². The van der Waals surface area contributed by atoms with Crippen molar-refractivity contribution >= 4 is 28.3 Å². The van der Waals surface area contributed by atoms with E-state index in [9.17, 15) is 4.79 Å². The molecule has 4 N–H and O–H groups in total. The van der Waals surface area contributed by atoms with Crippen molar-refractivity contribution in [2.75, 3.05) is 18.1 Å². The minimum atomic E-state index is -0.175. The second kappa shape index (κ2) is 5.77. The zero-order valence-corrected chi connectivity index (χ0v) is 12.5. The van der Waals surface area contributed by atoms with E-state index in [4.69, 9.17) is 5.73 Å². The lowest BCUT2D eigenvalue weighted by molar-refractivity contribution is 0.0965. The highest BCUT2D eigenvalue weighted by molar-refractivity contribution is 7.11. The molecule has 0 aliphatic heterocycles. The fourth-order valence-corrected chi connectivity index (χ4v) is 3.40. The smallest absolute Gasteiger partial charge is 0.257 e. The van der Waals surface area contributed by atoms with Gasteiger partial charge in [-0.15, -0.1) is 0 Å². The van der Waals surface area contributed by atoms with Crippen LogP contribution in [0, 0.1) is 11.8 Å². The zero-order chi connectivity index (χ0) is 14.0. The summed E-state index contributed by atoms with van der Waals surface area (Å²) >= 11 is 1.27. The van der Waals surface area contributed by atoms with Gasteiger partial charge < -0.3 is 16.4 Å². The molecule has 5 nitrogen and oxygen atoms in total. The van der Waals surface area contributed by atoms with Crippen molar-refractivity contribution in [1.82, 2.24) is 9.69 Å². The minimum absolute atomic E-state index is 0.175. The normalized spacial score (nSPS) is 27.0. The van der Waals surface area contributed by atoms with E-state index in [-0.39, 0.29) is 5.91 Å². The summed E-state index contributed by atoms with van der Waals surface area (Å²) in [5.74, 6) is 1.62. The molecule has 1 aliphatic rings. The standard InChI is InChI=1S/C13H22N4OS/c1-7-4-5-9(6-8(7)2)16-13-10(12(18)15-3)11(14)17-19-13/h7-9,16H,4-6H2,1-3H3,(H2,14,17)(H,15,18). The topological polar surface area (TPSA) is 80.0 Å². The van der Waals surface area contributed by atoms with Gasteiger partial charge in [-0.3, -0.25) is 4.79 Å². The van der Waals surface area contributed by atoms with E-state index in [0.29, 0.717) is 23.3 Å². The zero-order valence-electron chi connectivity index (χ0n) is 11.7. The average molecular weight is 282 g/mol. The van der Waals surface area contributed by atoms with Crippen LogP contribution in [-0.2, 0) is 0 Å². The molecule has 3 unspecified atom stereocenters. The van der Waals surface area contributed by atoms with Gasteiger partial charge in [-0.2, -0.15) is 4.37 Å². The Bertz CT molecular complexity index is 459. The lowest BCUT2D eigenvalue weighted by atomic mass is 9.79. The molecule has 106 valence electrons. The van der Waals surface area contributed by atoms with E-state index in [1.807, 2.05) is 0 Å². The van der Waals surface area contributed by atoms with Gasteiger partial charge in [-0.25, -0.2) is 0 Å². The quantitative estimate of drug-likeness (QED) is 0.795. The summed E-state index contributed by atoms with van der Waals surface area (Å²) in [6.45, 7) is 4.60. The first-order valence-corrected chi connectivity index (χ1v) is 7.54. The van der Waals surface area contributed by atoms with Crippen LogP contribution in [0.15, 0.2) is 0 Å². The molecule has 0 spiro atoms. The fraction of sp³-hybridized carbons (Fsp3) is 0.692. The third kappa shape index (κ3) is 3.00. The van der Waals surface area contributed by atoms with Gasteiger partial charge in [0.2, 0.25) is 0 Å². The SMILES string of the molecule is CNC(=O)c1c(N)nsc1NC1CCC(C)C(C)C1. The van der Waals surface area contributed by atoms with Crippen LogP contribution in [0.1, 0.15) is 43.5 Å². The summed E-state index contributed by atoms with van der Waals surface area (Å²) in [6, 6.07) is 0.412. The van der Waals surface area contributed by atoms with E-state index in [2.05, 4.69) is 28.9 Å². The lowest BCUT2D eigenvalue weighted by Gasteiger charge is -2.32. The maximum absolute atomic E-state index is 11.8. The van der Waals surface area contributed by atoms with Gasteiger partial charge in [0.15, 0.2) is 5.82 Å². The molecule has 1 heterocycles. The minimum Gasteiger partial charge on any atom is -0.382 e. The number of carbonyl (C=O) groups excluding carboxylic acids is 1. The van der Waals surface area contributed by atoms with Crippen molar-refractivity contribution in [1.29, 1.82) is 0 Å². The summed E-state index contributed by atoms with van der Waals surface area (Å²) in [5.41, 5.74) is 6.26. The van der Waals surface area contributed by atoms with Crippen molar-refractivity contribution in [2.45, 2.75) is 39.2 Å². The molecule has 2 rings (SSSR count). The molecule has 1 aromatic rings. The van der Waals surface area contributed by atoms with E-state index < -0.39 is 0 Å². The highest BCUT2D eigenvalue weighted by atomic mass is 32.1. The summed E-state index contributed by atoms with van der Waals surface area (Å²) in [4.78, 5) is 11.8. The number of carbonyl (C=O) groups is 1. The number of hydrogen-bond donors (Lipinski definition) is 3. The van der Waals surface area contributed by atoms with Gasteiger partial charge in [0.1, 0.15) is 10.6 Å². The van der Waals surface area contributed by atoms with Gasteiger partial charge >= 0.3 is 0 Å². The number of rotatable bonds is 3. The van der Waals surface area contributed by atoms with Crippen molar-refractivity contribution in [3.63, 3.8) is 0 Å². The van der Waals surface area contributed by atoms with Gasteiger partial charge in [-0.1, -0.05) is 13.8 Å². The predicted octanol–water partition coefficient (Wildman–Crippen LogP) is 2.32. The van der Waals surface area contributed by atoms with Crippen LogP contribution >= 0.6 is 11.5 Å². The Morgan fingerprint density at radius 3 is 2.74 bits per heavy atom. The number of amides is 1. The maximum atomic E-state index is 11.8. The molecule has 1 amide bonds. The van der Waals surface area contributed by atoms with Gasteiger partial charge in [0.05, 0.1) is 0 Å². The Labute approximate surface area is 118 Å². The Hall–Kier alpha value is -1.30. The highest BCUT2D eigenvalue weighted by Gasteiger charge is 2.27. The average Bonchev–Trinajstić information content (AvgIpc) is 2.74. The Morgan fingerprint density at radius 1 is 1.37 bits per heavy atom. The van der Waals surface area contributed by atoms with Crippen LogP contribution in [0.4, 0.5) is 10.8 Å². The monoisotopic (exact) mass is 282 g/mol. The van der Waals surface area contributed by atoms with E-state index in [1.54, 1.807) is 7.05 Å². The van der Waals surface area contributed by atoms with Gasteiger partial charge in [-0.05, 0) is 42.6 Å². The molecule has 6 heteroatoms. The van der Waals surface area contributed by atoms with Gasteiger partial charge in [0.25, 0.3) is 5.91 Å². The predicted molar refractivity (Wildman–Crippen MR) is 79.5 cm³/mol. The van der Waals surface area contributed by atoms with Crippen LogP contribution in [-0.4, -0.2) is 23.4 Å². The van der Waals surface area contributed by atoms with E-state index in [1.165, 1.54) is 18.0 Å². The largest absolute Gasteiger partial charge is 0.382 e. The van der Waals surface area contributed by atoms with Crippen LogP contribution in [0.5, 0.6) is 0 Å². The van der Waals surface area contributed by atoms with E-state index >= 15 is 0 Å². The summed E-state index contributed by atoms with van der Waals surface area (Å²) < 4.78 is 4.08. The van der Waals surface area contributed by atoms with Crippen molar-refractivity contribution in [2.24, 2.45) is 11.8 Å². The van der Waals surface area contributed by atoms with Crippen LogP contribution in [0.3, 0.4) is 0 Å². The third-order valence-corrected chi connectivity index (χ3v) is 4.90. The first-order valence-electron chi connectivity index (χ1n) is 6.76. The molecular weight excluding hydrogens is 260 g/mol. The molecule has 3 atom stereocenters. The van der Waals surface area contributed by atoms with Crippen molar-refractivity contribution in [3.8, 4) is 0 Å². The molecule has 0 saturated heterocycles. The number of nitrogens with two attached hydrogens (primary N) is 1. The molecule has 0 bridgehead atoms. The molecule has 19 heavy (non-hydrogen) atoms. The van der Waals surface area contributed by atoms with Crippen LogP contribution in [0.2, 0.25) is 0 Å². The maximum Gasteiger partial charge on any atom is 0.257 e. The Kier molecular flexibility index (Phi) is 4.29. The molecule has 1 aromatic heterocycles. The summed E-state index contributed by atoms with van der Waals surface area (Å²) in [5, 5.41) is 6.86. The van der Waals surface area contributed by atoms with Crippen LogP contribution in [0.25, 0.3) is 0 Å². The highest BCUT2D eigenvalue weighted by Crippen LogP contribution is 2.34. The first-order chi connectivity index (χ1) is 9.02. The number of nitrogens with one attached hydrogen (secondary N) is 2. The fourth-order valence-electron chi connectivity index (χ4n) is 2.61. The van der Waals surface area contributed by atoms with Crippen molar-refractivity contribution in [3.05, 3.63) is 5.56 Å². The third-order valence-electron chi connectivity index (χ3n) is 4.11. The molecule has 0 aromatic carbocycles. The number of hydrogen-bond acceptors (Lipinski definition) is 5. The lowest BCUT2D eigenvalue weighted by Crippen LogP contribution is -2.31. The Balaban J connectivity index is 2.09. The Morgan fingerprint density at radius 2 is 2.11 bits per heavy atom. The summed E-state index contributed by atoms with van der Waals surface area (Å²) in [6.07, 6.45) is 3.49. The van der Waals surface area contributed by atoms with E-state index in [0.717, 1.165) is 23.8 Å². The number of aromatic nitrogens is 1. The molecule has 0 radical (unpaired) electrons. The molecule has 1 fully saturated rings. The molecule has 1 aliphatic carbocycles. The number of anilines is 2.